The maximum absolute atomic E-state index is 13.1. The maximum Gasteiger partial charge on any atom is 0.342 e. The molecule has 0 unspecified atom stereocenters. The van der Waals surface area contributed by atoms with Crippen LogP contribution in [0.4, 0.5) is 5.82 Å². The summed E-state index contributed by atoms with van der Waals surface area (Å²) in [7, 11) is 1.24. The predicted molar refractivity (Wildman–Crippen MR) is 129 cm³/mol. The van der Waals surface area contributed by atoms with Crippen LogP contribution in [0.15, 0.2) is 71.3 Å². The first-order valence-electron chi connectivity index (χ1n) is 10.4. The van der Waals surface area contributed by atoms with Gasteiger partial charge in [-0.25, -0.2) is 9.78 Å². The summed E-state index contributed by atoms with van der Waals surface area (Å²) in [5.74, 6) is -2.26. The van der Waals surface area contributed by atoms with Crippen LogP contribution in [0.25, 0.3) is 11.1 Å². The highest BCUT2D eigenvalue weighted by Gasteiger charge is 2.29. The molecule has 0 atom stereocenters. The molecule has 0 bridgehead atoms. The monoisotopic (exact) mass is 526 g/mol. The van der Waals surface area contributed by atoms with E-state index in [0.717, 1.165) is 15.1 Å². The molecule has 0 aliphatic rings. The van der Waals surface area contributed by atoms with E-state index in [1.54, 1.807) is 13.0 Å². The highest BCUT2D eigenvalue weighted by atomic mass is 79.9. The van der Waals surface area contributed by atoms with E-state index in [-0.39, 0.29) is 24.6 Å². The first-order chi connectivity index (χ1) is 16.4. The number of carbonyl (C=O) groups excluding carboxylic acids is 3. The van der Waals surface area contributed by atoms with Gasteiger partial charge in [0.1, 0.15) is 18.6 Å². The number of hydrogen-bond donors (Lipinski definition) is 0. The molecule has 0 spiro atoms. The summed E-state index contributed by atoms with van der Waals surface area (Å²) in [4.78, 5) is 48.1. The first-order valence-corrected chi connectivity index (χ1v) is 11.2. The molecule has 34 heavy (non-hydrogen) atoms. The number of methoxy groups -OCH3 is 1. The standard InChI is InChI=1S/C25H23BrN2O6/c1-3-33-22(30)15-21(29)28(34-16-17-8-5-4-6-9-17)24-23(25(31)32-2)20(12-13-27-24)18-10-7-11-19(26)14-18/h4-14H,3,15-16H2,1-2H3. The Kier molecular flexibility index (Phi) is 8.89. The molecular formula is C25H23BrN2O6. The van der Waals surface area contributed by atoms with Gasteiger partial charge in [-0.3, -0.25) is 14.4 Å². The number of halogens is 1. The lowest BCUT2D eigenvalue weighted by atomic mass is 10.0. The number of anilines is 1. The zero-order valence-electron chi connectivity index (χ0n) is 18.7. The van der Waals surface area contributed by atoms with Gasteiger partial charge in [-0.2, -0.15) is 5.06 Å². The Bertz CT molecular complexity index is 1170. The van der Waals surface area contributed by atoms with Gasteiger partial charge < -0.3 is 9.47 Å². The number of amides is 1. The van der Waals surface area contributed by atoms with Crippen LogP contribution >= 0.6 is 15.9 Å². The first kappa shape index (κ1) is 25.1. The Labute approximate surface area is 205 Å². The fourth-order valence-electron chi connectivity index (χ4n) is 3.18. The van der Waals surface area contributed by atoms with Crippen LogP contribution in [0.2, 0.25) is 0 Å². The van der Waals surface area contributed by atoms with Crippen LogP contribution in [-0.4, -0.2) is 36.5 Å². The Morgan fingerprint density at radius 1 is 1.03 bits per heavy atom. The molecule has 0 aliphatic carbocycles. The molecule has 0 saturated heterocycles. The van der Waals surface area contributed by atoms with Gasteiger partial charge in [0.05, 0.1) is 13.7 Å². The smallest absolute Gasteiger partial charge is 0.342 e. The number of benzene rings is 2. The number of pyridine rings is 1. The largest absolute Gasteiger partial charge is 0.466 e. The minimum Gasteiger partial charge on any atom is -0.466 e. The molecule has 3 aromatic rings. The summed E-state index contributed by atoms with van der Waals surface area (Å²) < 4.78 is 10.7. The molecule has 1 heterocycles. The number of carbonyl (C=O) groups is 3. The third-order valence-corrected chi connectivity index (χ3v) is 5.17. The van der Waals surface area contributed by atoms with Crippen molar-refractivity contribution in [2.75, 3.05) is 18.8 Å². The molecule has 2 aromatic carbocycles. The Hall–Kier alpha value is -3.56. The van der Waals surface area contributed by atoms with E-state index in [0.29, 0.717) is 11.1 Å². The molecule has 1 aromatic heterocycles. The highest BCUT2D eigenvalue weighted by molar-refractivity contribution is 9.10. The summed E-state index contributed by atoms with van der Waals surface area (Å²) in [6, 6.07) is 18.1. The van der Waals surface area contributed by atoms with Crippen LogP contribution < -0.4 is 5.06 Å². The Morgan fingerprint density at radius 3 is 2.47 bits per heavy atom. The number of rotatable bonds is 9. The van der Waals surface area contributed by atoms with E-state index in [1.807, 2.05) is 54.6 Å². The molecule has 0 aliphatic heterocycles. The Morgan fingerprint density at radius 2 is 1.79 bits per heavy atom. The predicted octanol–water partition coefficient (Wildman–Crippen LogP) is 4.72. The molecule has 1 amide bonds. The third kappa shape index (κ3) is 6.27. The lowest BCUT2D eigenvalue weighted by Gasteiger charge is -2.23. The van der Waals surface area contributed by atoms with Crippen molar-refractivity contribution in [1.82, 2.24) is 4.98 Å². The van der Waals surface area contributed by atoms with E-state index in [1.165, 1.54) is 13.3 Å². The molecule has 0 saturated carbocycles. The number of hydroxylamine groups is 1. The van der Waals surface area contributed by atoms with E-state index in [4.69, 9.17) is 14.3 Å². The summed E-state index contributed by atoms with van der Waals surface area (Å²) in [5.41, 5.74) is 1.97. The minimum atomic E-state index is -0.738. The van der Waals surface area contributed by atoms with E-state index in [2.05, 4.69) is 20.9 Å². The number of hydrogen-bond acceptors (Lipinski definition) is 7. The topological polar surface area (TPSA) is 95.0 Å². The van der Waals surface area contributed by atoms with Gasteiger partial charge in [0.15, 0.2) is 5.82 Å². The third-order valence-electron chi connectivity index (χ3n) is 4.68. The number of esters is 2. The summed E-state index contributed by atoms with van der Waals surface area (Å²) in [6.07, 6.45) is 0.862. The van der Waals surface area contributed by atoms with Crippen LogP contribution in [0.3, 0.4) is 0 Å². The molecule has 176 valence electrons. The quantitative estimate of drug-likeness (QED) is 0.226. The fourth-order valence-corrected chi connectivity index (χ4v) is 3.58. The van der Waals surface area contributed by atoms with Crippen LogP contribution in [0.1, 0.15) is 29.3 Å². The van der Waals surface area contributed by atoms with Crippen LogP contribution in [-0.2, 0) is 30.5 Å². The average molecular weight is 527 g/mol. The fraction of sp³-hybridized carbons (Fsp3) is 0.200. The SMILES string of the molecule is CCOC(=O)CC(=O)N(OCc1ccccc1)c1nccc(-c2cccc(Br)c2)c1C(=O)OC. The maximum atomic E-state index is 13.1. The van der Waals surface area contributed by atoms with Crippen molar-refractivity contribution in [3.05, 3.63) is 82.5 Å². The van der Waals surface area contributed by atoms with Gasteiger partial charge >= 0.3 is 11.9 Å². The molecule has 0 radical (unpaired) electrons. The molecule has 9 heteroatoms. The van der Waals surface area contributed by atoms with Crippen molar-refractivity contribution in [2.45, 2.75) is 20.0 Å². The van der Waals surface area contributed by atoms with Crippen molar-refractivity contribution in [3.8, 4) is 11.1 Å². The van der Waals surface area contributed by atoms with Crippen molar-refractivity contribution in [1.29, 1.82) is 0 Å². The van der Waals surface area contributed by atoms with E-state index < -0.39 is 24.3 Å². The normalized spacial score (nSPS) is 10.4. The zero-order chi connectivity index (χ0) is 24.5. The second kappa shape index (κ2) is 12.1. The molecule has 0 fully saturated rings. The molecule has 3 rings (SSSR count). The van der Waals surface area contributed by atoms with Crippen LogP contribution in [0.5, 0.6) is 0 Å². The summed E-state index contributed by atoms with van der Waals surface area (Å²) in [6.45, 7) is 1.77. The lowest BCUT2D eigenvalue weighted by Crippen LogP contribution is -2.35. The summed E-state index contributed by atoms with van der Waals surface area (Å²) in [5, 5.41) is 0.859. The minimum absolute atomic E-state index is 0.00118. The van der Waals surface area contributed by atoms with Gasteiger partial charge in [0.25, 0.3) is 5.91 Å². The van der Waals surface area contributed by atoms with Crippen LogP contribution in [0, 0.1) is 0 Å². The van der Waals surface area contributed by atoms with Crippen molar-refractivity contribution in [3.63, 3.8) is 0 Å². The van der Waals surface area contributed by atoms with Gasteiger partial charge in [-0.15, -0.1) is 0 Å². The number of ether oxygens (including phenoxy) is 2. The van der Waals surface area contributed by atoms with Gasteiger partial charge in [0, 0.05) is 16.2 Å². The average Bonchev–Trinajstić information content (AvgIpc) is 2.84. The summed E-state index contributed by atoms with van der Waals surface area (Å²) >= 11 is 3.43. The van der Waals surface area contributed by atoms with Gasteiger partial charge in [-0.1, -0.05) is 58.4 Å². The number of aromatic nitrogens is 1. The molecular weight excluding hydrogens is 504 g/mol. The van der Waals surface area contributed by atoms with Crippen molar-refractivity contribution >= 4 is 39.6 Å². The van der Waals surface area contributed by atoms with Crippen molar-refractivity contribution < 1.29 is 28.7 Å². The van der Waals surface area contributed by atoms with E-state index >= 15 is 0 Å². The highest BCUT2D eigenvalue weighted by Crippen LogP contribution is 2.32. The Balaban J connectivity index is 2.09. The second-order valence-electron chi connectivity index (χ2n) is 6.99. The van der Waals surface area contributed by atoms with E-state index in [9.17, 15) is 14.4 Å². The van der Waals surface area contributed by atoms with Gasteiger partial charge in [0.2, 0.25) is 0 Å². The van der Waals surface area contributed by atoms with Crippen molar-refractivity contribution in [2.24, 2.45) is 0 Å². The van der Waals surface area contributed by atoms with Gasteiger partial charge in [-0.05, 0) is 36.2 Å². The molecule has 0 N–H and O–H groups in total. The number of nitrogens with zero attached hydrogens (tertiary/aromatic N) is 2. The zero-order valence-corrected chi connectivity index (χ0v) is 20.3. The lowest BCUT2D eigenvalue weighted by molar-refractivity contribution is -0.147. The molecule has 8 nitrogen and oxygen atoms in total. The second-order valence-corrected chi connectivity index (χ2v) is 7.90.